The molecule has 0 aliphatic carbocycles. The van der Waals surface area contributed by atoms with Crippen LogP contribution in [0.2, 0.25) is 0 Å². The van der Waals surface area contributed by atoms with E-state index >= 15 is 0 Å². The second-order valence-electron chi connectivity index (χ2n) is 15.3. The summed E-state index contributed by atoms with van der Waals surface area (Å²) in [4.78, 5) is 41.6. The van der Waals surface area contributed by atoms with Gasteiger partial charge in [0.2, 0.25) is 0 Å². The first-order chi connectivity index (χ1) is 15.8. The van der Waals surface area contributed by atoms with Crippen molar-refractivity contribution < 1.29 is 14.4 Å². The van der Waals surface area contributed by atoms with Crippen LogP contribution in [0.1, 0.15) is 124 Å². The van der Waals surface area contributed by atoms with Crippen molar-refractivity contribution in [2.24, 2.45) is 27.6 Å². The first kappa shape index (κ1) is 34.9. The molecule has 0 saturated carbocycles. The average molecular weight is 509 g/mol. The van der Waals surface area contributed by atoms with Crippen molar-refractivity contribution in [3.8, 4) is 0 Å². The lowest BCUT2D eigenvalue weighted by molar-refractivity contribution is -0.142. The molecule has 0 aliphatic heterocycles. The second kappa shape index (κ2) is 12.2. The molecule has 0 radical (unpaired) electrons. The van der Waals surface area contributed by atoms with E-state index in [-0.39, 0.29) is 34.1 Å². The van der Waals surface area contributed by atoms with Crippen molar-refractivity contribution in [1.82, 2.24) is 10.2 Å². The quantitative estimate of drug-likeness (QED) is 0.251. The lowest BCUT2D eigenvalue weighted by Gasteiger charge is -2.53. The number of hydrogen-bond acceptors (Lipinski definition) is 5. The molecule has 5 heteroatoms. The summed E-state index contributed by atoms with van der Waals surface area (Å²) in [6.45, 7) is 33.9. The standard InChI is InChI=1S/C31H60N2O3/c1-21(2)26(36)30(13,14)20-33(31(15,16)18-28(9,10)24(6)35)25(23(5)34)29(11,12)17-27(7,8)19-32-22(3)4/h21-22,25,32H,17-20H2,1-16H3. The first-order valence-corrected chi connectivity index (χ1v) is 13.8. The maximum absolute atomic E-state index is 13.5. The summed E-state index contributed by atoms with van der Waals surface area (Å²) in [6, 6.07) is -0.00380. The number of ketones is 3. The summed E-state index contributed by atoms with van der Waals surface area (Å²) in [7, 11) is 0. The molecule has 36 heavy (non-hydrogen) atoms. The Morgan fingerprint density at radius 1 is 0.750 bits per heavy atom. The zero-order valence-corrected chi connectivity index (χ0v) is 26.7. The van der Waals surface area contributed by atoms with E-state index in [0.29, 0.717) is 19.0 Å². The minimum absolute atomic E-state index is 0.0286. The van der Waals surface area contributed by atoms with E-state index in [0.717, 1.165) is 13.0 Å². The molecule has 1 N–H and O–H groups in total. The third kappa shape index (κ3) is 10.0. The van der Waals surface area contributed by atoms with Gasteiger partial charge in [-0.2, -0.15) is 0 Å². The molecule has 0 aromatic rings. The molecule has 0 heterocycles. The van der Waals surface area contributed by atoms with Crippen molar-refractivity contribution >= 4 is 17.3 Å². The fraction of sp³-hybridized carbons (Fsp3) is 0.903. The van der Waals surface area contributed by atoms with Crippen LogP contribution in [0.5, 0.6) is 0 Å². The van der Waals surface area contributed by atoms with Gasteiger partial charge in [-0.05, 0) is 51.4 Å². The van der Waals surface area contributed by atoms with Crippen LogP contribution in [0.4, 0.5) is 0 Å². The molecule has 0 aromatic carbocycles. The van der Waals surface area contributed by atoms with E-state index in [1.54, 1.807) is 13.8 Å². The minimum Gasteiger partial charge on any atom is -0.314 e. The van der Waals surface area contributed by atoms with Gasteiger partial charge in [0.25, 0.3) is 0 Å². The summed E-state index contributed by atoms with van der Waals surface area (Å²) >= 11 is 0. The van der Waals surface area contributed by atoms with E-state index in [2.05, 4.69) is 65.6 Å². The molecule has 0 bridgehead atoms. The molecule has 5 nitrogen and oxygen atoms in total. The highest BCUT2D eigenvalue weighted by molar-refractivity contribution is 5.86. The lowest BCUT2D eigenvalue weighted by atomic mass is 9.67. The van der Waals surface area contributed by atoms with Crippen LogP contribution in [0, 0.1) is 27.6 Å². The van der Waals surface area contributed by atoms with Gasteiger partial charge in [-0.25, -0.2) is 0 Å². The first-order valence-electron chi connectivity index (χ1n) is 13.8. The molecular formula is C31H60N2O3. The van der Waals surface area contributed by atoms with Gasteiger partial charge in [-0.3, -0.25) is 19.3 Å². The highest BCUT2D eigenvalue weighted by atomic mass is 16.1. The Hall–Kier alpha value is -1.07. The Labute approximate surface area is 223 Å². The lowest BCUT2D eigenvalue weighted by Crippen LogP contribution is -2.62. The molecule has 1 atom stereocenters. The summed E-state index contributed by atoms with van der Waals surface area (Å²) in [5.74, 6) is 0.334. The third-order valence-corrected chi connectivity index (χ3v) is 7.72. The largest absolute Gasteiger partial charge is 0.314 e. The topological polar surface area (TPSA) is 66.5 Å². The highest BCUT2D eigenvalue weighted by Gasteiger charge is 2.49. The monoisotopic (exact) mass is 508 g/mol. The van der Waals surface area contributed by atoms with Gasteiger partial charge in [0.05, 0.1) is 6.04 Å². The van der Waals surface area contributed by atoms with Crippen LogP contribution in [-0.4, -0.2) is 53.0 Å². The van der Waals surface area contributed by atoms with Gasteiger partial charge in [0, 0.05) is 41.4 Å². The Kier molecular flexibility index (Phi) is 11.8. The Morgan fingerprint density at radius 2 is 1.22 bits per heavy atom. The van der Waals surface area contributed by atoms with E-state index in [4.69, 9.17) is 0 Å². The Balaban J connectivity index is 6.72. The fourth-order valence-electron chi connectivity index (χ4n) is 6.31. The number of hydrogen-bond donors (Lipinski definition) is 1. The van der Waals surface area contributed by atoms with Crippen LogP contribution in [0.25, 0.3) is 0 Å². The van der Waals surface area contributed by atoms with Gasteiger partial charge >= 0.3 is 0 Å². The minimum atomic E-state index is -0.635. The van der Waals surface area contributed by atoms with Crippen LogP contribution >= 0.6 is 0 Å². The molecule has 0 aliphatic rings. The number of nitrogens with zero attached hydrogens (tertiary/aromatic N) is 1. The van der Waals surface area contributed by atoms with E-state index in [1.807, 2.05) is 41.5 Å². The summed E-state index contributed by atoms with van der Waals surface area (Å²) in [5, 5.41) is 3.56. The van der Waals surface area contributed by atoms with E-state index < -0.39 is 22.4 Å². The number of carbonyl (C=O) groups excluding carboxylic acids is 3. The maximum atomic E-state index is 13.5. The summed E-state index contributed by atoms with van der Waals surface area (Å²) < 4.78 is 0. The Bertz CT molecular complexity index is 773. The van der Waals surface area contributed by atoms with Crippen LogP contribution in [0.15, 0.2) is 0 Å². The smallest absolute Gasteiger partial charge is 0.147 e. The van der Waals surface area contributed by atoms with Crippen LogP contribution < -0.4 is 5.32 Å². The van der Waals surface area contributed by atoms with Gasteiger partial charge < -0.3 is 5.32 Å². The molecule has 212 valence electrons. The predicted octanol–water partition coefficient (Wildman–Crippen LogP) is 6.72. The Morgan fingerprint density at radius 3 is 1.58 bits per heavy atom. The molecule has 0 aromatic heterocycles. The molecule has 0 fully saturated rings. The zero-order valence-electron chi connectivity index (χ0n) is 26.7. The van der Waals surface area contributed by atoms with Gasteiger partial charge in [-0.15, -0.1) is 0 Å². The fourth-order valence-corrected chi connectivity index (χ4v) is 6.31. The number of Topliss-reactive ketones (excluding diaryl/α,β-unsaturated/α-hetero) is 3. The van der Waals surface area contributed by atoms with Crippen molar-refractivity contribution in [3.63, 3.8) is 0 Å². The molecule has 0 spiro atoms. The number of carbonyl (C=O) groups is 3. The summed E-state index contributed by atoms with van der Waals surface area (Å²) in [6.07, 6.45) is 1.44. The van der Waals surface area contributed by atoms with E-state index in [9.17, 15) is 14.4 Å². The maximum Gasteiger partial charge on any atom is 0.147 e. The van der Waals surface area contributed by atoms with Gasteiger partial charge in [0.1, 0.15) is 17.3 Å². The normalized spacial score (nSPS) is 15.1. The molecule has 1 unspecified atom stereocenters. The van der Waals surface area contributed by atoms with Crippen LogP contribution in [-0.2, 0) is 14.4 Å². The van der Waals surface area contributed by atoms with Crippen molar-refractivity contribution in [1.29, 1.82) is 0 Å². The predicted molar refractivity (Wildman–Crippen MR) is 153 cm³/mol. The molecule has 0 rings (SSSR count). The number of nitrogens with one attached hydrogen (secondary N) is 1. The molecular weight excluding hydrogens is 448 g/mol. The number of rotatable bonds is 16. The highest BCUT2D eigenvalue weighted by Crippen LogP contribution is 2.44. The third-order valence-electron chi connectivity index (χ3n) is 7.72. The SMILES string of the molecule is CC(=O)C(N(CC(C)(C)C(=O)C(C)C)C(C)(C)CC(C)(C)C(C)=O)C(C)(C)CC(C)(C)CNC(C)C. The van der Waals surface area contributed by atoms with Crippen molar-refractivity contribution in [3.05, 3.63) is 0 Å². The summed E-state index contributed by atoms with van der Waals surface area (Å²) in [5.41, 5.74) is -2.05. The van der Waals surface area contributed by atoms with Gasteiger partial charge in [0.15, 0.2) is 0 Å². The van der Waals surface area contributed by atoms with E-state index in [1.165, 1.54) is 0 Å². The van der Waals surface area contributed by atoms with Gasteiger partial charge in [-0.1, -0.05) is 83.1 Å². The molecule has 0 saturated heterocycles. The molecule has 0 amide bonds. The van der Waals surface area contributed by atoms with Crippen LogP contribution in [0.3, 0.4) is 0 Å². The van der Waals surface area contributed by atoms with Crippen molar-refractivity contribution in [2.75, 3.05) is 13.1 Å². The zero-order chi connectivity index (χ0) is 29.1. The van der Waals surface area contributed by atoms with Crippen molar-refractivity contribution in [2.45, 2.75) is 141 Å². The second-order valence-corrected chi connectivity index (χ2v) is 15.3. The average Bonchev–Trinajstić information content (AvgIpc) is 2.62.